The molecule has 0 fully saturated rings. The van der Waals surface area contributed by atoms with Crippen molar-refractivity contribution in [2.24, 2.45) is 10.9 Å². The van der Waals surface area contributed by atoms with Gasteiger partial charge in [-0.05, 0) is 42.8 Å². The van der Waals surface area contributed by atoms with Crippen molar-refractivity contribution in [1.29, 1.82) is 0 Å². The van der Waals surface area contributed by atoms with Gasteiger partial charge < -0.3 is 25.3 Å². The average Bonchev–Trinajstić information content (AvgIpc) is 3.16. The number of esters is 1. The summed E-state index contributed by atoms with van der Waals surface area (Å²) in [5.41, 5.74) is 7.11. The predicted octanol–water partition coefficient (Wildman–Crippen LogP) is 1.36. The van der Waals surface area contributed by atoms with Crippen molar-refractivity contribution in [1.82, 2.24) is 4.90 Å². The minimum Gasteiger partial charge on any atom is -0.481 e. The molecule has 0 radical (unpaired) electrons. The van der Waals surface area contributed by atoms with Crippen molar-refractivity contribution < 1.29 is 37.5 Å². The number of hydrogen-bond acceptors (Lipinski definition) is 9. The van der Waals surface area contributed by atoms with Crippen LogP contribution in [0.1, 0.15) is 45.7 Å². The minimum atomic E-state index is -3.80. The summed E-state index contributed by atoms with van der Waals surface area (Å²) in [4.78, 5) is 38.4. The molecule has 0 unspecified atom stereocenters. The van der Waals surface area contributed by atoms with E-state index in [1.807, 2.05) is 0 Å². The molecule has 0 spiro atoms. The van der Waals surface area contributed by atoms with Gasteiger partial charge in [-0.15, -0.1) is 0 Å². The van der Waals surface area contributed by atoms with Gasteiger partial charge in [0.25, 0.3) is 5.91 Å². The van der Waals surface area contributed by atoms with Gasteiger partial charge in [-0.1, -0.05) is 18.1 Å². The fourth-order valence-corrected chi connectivity index (χ4v) is 4.58. The summed E-state index contributed by atoms with van der Waals surface area (Å²) < 4.78 is 35.4. The van der Waals surface area contributed by atoms with Crippen molar-refractivity contribution in [3.63, 3.8) is 0 Å². The van der Waals surface area contributed by atoms with Crippen LogP contribution in [0, 0.1) is 0 Å². The summed E-state index contributed by atoms with van der Waals surface area (Å²) in [6.45, 7) is 2.59. The number of rotatable bonds is 10. The SMILES string of the molecule is CCOC(=O)COc1ccc(C(=O)CN2Cc3cc(/C(N)=N/O)ccc3C2=O)cc1S(=O)(=O)CC. The number of nitrogens with two attached hydrogens (primary N) is 1. The van der Waals surface area contributed by atoms with Crippen LogP contribution in [0.15, 0.2) is 46.4 Å². The standard InChI is InChI=1S/C23H25N3O8S/c1-3-33-21(28)13-34-19-8-6-14(10-20(19)35(31,32)4-2)18(27)12-26-11-16-9-15(22(24)25-30)5-7-17(16)23(26)29/h5-10,30H,3-4,11-13H2,1-2H3,(H2,24,25). The largest absolute Gasteiger partial charge is 0.481 e. The number of amides is 1. The fourth-order valence-electron chi connectivity index (χ4n) is 3.53. The maximum atomic E-state index is 13.0. The van der Waals surface area contributed by atoms with Crippen molar-refractivity contribution in [2.45, 2.75) is 25.3 Å². The van der Waals surface area contributed by atoms with E-state index in [1.54, 1.807) is 13.0 Å². The first-order valence-electron chi connectivity index (χ1n) is 10.7. The predicted molar refractivity (Wildman–Crippen MR) is 124 cm³/mol. The number of amidine groups is 1. The molecule has 0 aliphatic carbocycles. The van der Waals surface area contributed by atoms with Crippen molar-refractivity contribution in [2.75, 3.05) is 25.5 Å². The number of oxime groups is 1. The molecule has 2 aromatic carbocycles. The molecule has 1 amide bonds. The summed E-state index contributed by atoms with van der Waals surface area (Å²) in [5, 5.41) is 11.8. The molecule has 0 atom stereocenters. The van der Waals surface area contributed by atoms with Crippen LogP contribution in [0.25, 0.3) is 0 Å². The third kappa shape index (κ3) is 5.60. The normalized spacial score (nSPS) is 13.5. The van der Waals surface area contributed by atoms with E-state index in [1.165, 1.54) is 42.2 Å². The topological polar surface area (TPSA) is 166 Å². The molecule has 0 saturated carbocycles. The summed E-state index contributed by atoms with van der Waals surface area (Å²) in [7, 11) is -3.80. The zero-order valence-electron chi connectivity index (χ0n) is 19.2. The third-order valence-electron chi connectivity index (χ3n) is 5.35. The first-order chi connectivity index (χ1) is 16.6. The molecule has 0 bridgehead atoms. The van der Waals surface area contributed by atoms with Gasteiger partial charge in [-0.25, -0.2) is 13.2 Å². The van der Waals surface area contributed by atoms with Crippen LogP contribution in [-0.2, 0) is 25.9 Å². The Morgan fingerprint density at radius 1 is 1.14 bits per heavy atom. The lowest BCUT2D eigenvalue weighted by molar-refractivity contribution is -0.145. The molecule has 11 nitrogen and oxygen atoms in total. The highest BCUT2D eigenvalue weighted by molar-refractivity contribution is 7.91. The second-order valence-electron chi connectivity index (χ2n) is 7.60. The molecule has 1 heterocycles. The number of nitrogens with zero attached hydrogens (tertiary/aromatic N) is 2. The average molecular weight is 504 g/mol. The van der Waals surface area contributed by atoms with E-state index in [4.69, 9.17) is 20.4 Å². The van der Waals surface area contributed by atoms with Gasteiger partial charge in [0, 0.05) is 23.2 Å². The molecule has 0 aromatic heterocycles. The van der Waals surface area contributed by atoms with Crippen LogP contribution in [0.4, 0.5) is 0 Å². The fraction of sp³-hybridized carbons (Fsp3) is 0.304. The maximum Gasteiger partial charge on any atom is 0.344 e. The quantitative estimate of drug-likeness (QED) is 0.122. The lowest BCUT2D eigenvalue weighted by Crippen LogP contribution is -2.30. The van der Waals surface area contributed by atoms with Crippen molar-refractivity contribution in [3.8, 4) is 5.75 Å². The highest BCUT2D eigenvalue weighted by Gasteiger charge is 2.30. The Bertz CT molecular complexity index is 1300. The molecule has 186 valence electrons. The Kier molecular flexibility index (Phi) is 7.75. The molecular formula is C23H25N3O8S. The zero-order chi connectivity index (χ0) is 25.8. The van der Waals surface area contributed by atoms with Crippen LogP contribution in [0.5, 0.6) is 5.75 Å². The van der Waals surface area contributed by atoms with Crippen LogP contribution < -0.4 is 10.5 Å². The maximum absolute atomic E-state index is 13.0. The first-order valence-corrected chi connectivity index (χ1v) is 12.3. The smallest absolute Gasteiger partial charge is 0.344 e. The number of ether oxygens (including phenoxy) is 2. The summed E-state index contributed by atoms with van der Waals surface area (Å²) in [6.07, 6.45) is 0. The van der Waals surface area contributed by atoms with Crippen LogP contribution >= 0.6 is 0 Å². The molecule has 12 heteroatoms. The second-order valence-corrected chi connectivity index (χ2v) is 9.85. The van der Waals surface area contributed by atoms with Crippen LogP contribution in [0.2, 0.25) is 0 Å². The zero-order valence-corrected chi connectivity index (χ0v) is 20.0. The van der Waals surface area contributed by atoms with E-state index in [2.05, 4.69) is 5.16 Å². The molecule has 35 heavy (non-hydrogen) atoms. The van der Waals surface area contributed by atoms with Gasteiger partial charge in [0.05, 0.1) is 18.9 Å². The van der Waals surface area contributed by atoms with Crippen molar-refractivity contribution >= 4 is 33.3 Å². The Hall–Kier alpha value is -3.93. The molecule has 2 aromatic rings. The number of fused-ring (bicyclic) bond motifs is 1. The number of carbonyl (C=O) groups is 3. The lowest BCUT2D eigenvalue weighted by atomic mass is 10.1. The molecule has 3 N–H and O–H groups in total. The molecule has 1 aliphatic rings. The summed E-state index contributed by atoms with van der Waals surface area (Å²) in [6, 6.07) is 8.55. The van der Waals surface area contributed by atoms with Gasteiger partial charge in [0.1, 0.15) is 10.6 Å². The Labute approximate surface area is 202 Å². The van der Waals surface area contributed by atoms with Crippen LogP contribution in [0.3, 0.4) is 0 Å². The van der Waals surface area contributed by atoms with E-state index in [9.17, 15) is 22.8 Å². The van der Waals surface area contributed by atoms with Crippen molar-refractivity contribution in [3.05, 3.63) is 58.7 Å². The lowest BCUT2D eigenvalue weighted by Gasteiger charge is -2.16. The van der Waals surface area contributed by atoms with E-state index < -0.39 is 28.2 Å². The molecule has 0 saturated heterocycles. The second kappa shape index (κ2) is 10.6. The number of Topliss-reactive ketones (excluding diaryl/α,β-unsaturated/α-hetero) is 1. The number of carbonyl (C=O) groups excluding carboxylic acids is 3. The summed E-state index contributed by atoms with van der Waals surface area (Å²) in [5.74, 6) is -1.93. The minimum absolute atomic E-state index is 0.0709. The summed E-state index contributed by atoms with van der Waals surface area (Å²) >= 11 is 0. The Morgan fingerprint density at radius 3 is 2.51 bits per heavy atom. The Balaban J connectivity index is 1.82. The highest BCUT2D eigenvalue weighted by Crippen LogP contribution is 2.28. The van der Waals surface area contributed by atoms with Gasteiger partial charge >= 0.3 is 5.97 Å². The molecule has 1 aliphatic heterocycles. The number of benzene rings is 2. The number of hydrogen-bond donors (Lipinski definition) is 2. The van der Waals surface area contributed by atoms with Gasteiger partial charge in [-0.3, -0.25) is 9.59 Å². The van der Waals surface area contributed by atoms with E-state index in [-0.39, 0.29) is 53.4 Å². The van der Waals surface area contributed by atoms with E-state index >= 15 is 0 Å². The van der Waals surface area contributed by atoms with Gasteiger partial charge in [-0.2, -0.15) is 0 Å². The monoisotopic (exact) mass is 503 g/mol. The van der Waals surface area contributed by atoms with Gasteiger partial charge in [0.2, 0.25) is 0 Å². The number of ketones is 1. The molecular weight excluding hydrogens is 478 g/mol. The Morgan fingerprint density at radius 2 is 1.86 bits per heavy atom. The number of sulfone groups is 1. The van der Waals surface area contributed by atoms with E-state index in [0.29, 0.717) is 16.7 Å². The highest BCUT2D eigenvalue weighted by atomic mass is 32.2. The third-order valence-corrected chi connectivity index (χ3v) is 7.10. The van der Waals surface area contributed by atoms with Gasteiger partial charge in [0.15, 0.2) is 28.1 Å². The first kappa shape index (κ1) is 25.7. The van der Waals surface area contributed by atoms with E-state index in [0.717, 1.165) is 0 Å². The molecule has 3 rings (SSSR count). The van der Waals surface area contributed by atoms with Crippen LogP contribution in [-0.4, -0.2) is 67.5 Å².